The van der Waals surface area contributed by atoms with Gasteiger partial charge in [0.1, 0.15) is 13.2 Å². The average molecular weight is 717 g/mol. The Hall–Kier alpha value is -3.42. The molecule has 8 heteroatoms. The van der Waals surface area contributed by atoms with E-state index in [-0.39, 0.29) is 33.7 Å². The zero-order valence-corrected chi connectivity index (χ0v) is 34.5. The summed E-state index contributed by atoms with van der Waals surface area (Å²) in [6.45, 7) is 24.0. The van der Waals surface area contributed by atoms with E-state index in [1.807, 2.05) is 0 Å². The first-order valence-electron chi connectivity index (χ1n) is 19.5. The van der Waals surface area contributed by atoms with Gasteiger partial charge in [0.25, 0.3) is 0 Å². The molecule has 8 nitrogen and oxygen atoms in total. The molecule has 0 unspecified atom stereocenters. The van der Waals surface area contributed by atoms with Crippen LogP contribution in [-0.4, -0.2) is 65.5 Å². The maximum Gasteiger partial charge on any atom is 0.217 e. The van der Waals surface area contributed by atoms with Gasteiger partial charge in [0, 0.05) is 44.2 Å². The molecule has 52 heavy (non-hydrogen) atoms. The van der Waals surface area contributed by atoms with Crippen LogP contribution in [0, 0.1) is 22.7 Å². The van der Waals surface area contributed by atoms with Crippen molar-refractivity contribution in [3.05, 3.63) is 34.4 Å². The molecule has 2 heterocycles. The molecule has 0 radical (unpaired) electrons. The molecule has 0 spiro atoms. The smallest absolute Gasteiger partial charge is 0.217 e. The van der Waals surface area contributed by atoms with Gasteiger partial charge in [0.2, 0.25) is 11.8 Å². The molecule has 0 amide bonds. The van der Waals surface area contributed by atoms with Crippen molar-refractivity contribution in [1.29, 1.82) is 0 Å². The molecule has 2 aliphatic heterocycles. The van der Waals surface area contributed by atoms with Crippen LogP contribution in [0.1, 0.15) is 130 Å². The highest BCUT2D eigenvalue weighted by Crippen LogP contribution is 2.62. The Balaban J connectivity index is 1.79. The lowest BCUT2D eigenvalue weighted by Gasteiger charge is -2.41. The summed E-state index contributed by atoms with van der Waals surface area (Å²) < 4.78 is 39.0. The van der Waals surface area contributed by atoms with Gasteiger partial charge in [-0.2, -0.15) is 0 Å². The molecule has 2 aromatic carbocycles. The Labute approximate surface area is 313 Å². The third kappa shape index (κ3) is 5.85. The van der Waals surface area contributed by atoms with Gasteiger partial charge in [0.15, 0.2) is 23.0 Å². The van der Waals surface area contributed by atoms with Crippen molar-refractivity contribution >= 4 is 11.8 Å². The first-order valence-corrected chi connectivity index (χ1v) is 19.5. The van der Waals surface area contributed by atoms with E-state index in [4.69, 9.17) is 38.4 Å². The van der Waals surface area contributed by atoms with E-state index >= 15 is 0 Å². The predicted octanol–water partition coefficient (Wildman–Crippen LogP) is 9.93. The third-order valence-electron chi connectivity index (χ3n) is 14.0. The number of benzene rings is 2. The van der Waals surface area contributed by atoms with Gasteiger partial charge >= 0.3 is 0 Å². The maximum absolute atomic E-state index is 6.56. The summed E-state index contributed by atoms with van der Waals surface area (Å²) in [6, 6.07) is 4.61. The number of methoxy groups -OCH3 is 4. The second kappa shape index (κ2) is 13.8. The molecule has 0 saturated heterocycles. The van der Waals surface area contributed by atoms with Gasteiger partial charge in [0.05, 0.1) is 40.5 Å². The Morgan fingerprint density at radius 2 is 0.904 bits per heavy atom. The molecule has 4 aliphatic rings. The van der Waals surface area contributed by atoms with Crippen molar-refractivity contribution in [1.82, 2.24) is 0 Å². The van der Waals surface area contributed by atoms with E-state index in [1.165, 1.54) is 0 Å². The quantitative estimate of drug-likeness (QED) is 0.230. The fourth-order valence-corrected chi connectivity index (χ4v) is 9.48. The molecular formula is C44H64N2O6. The number of aliphatic imine (C=N–C) groups is 2. The van der Waals surface area contributed by atoms with Crippen LogP contribution in [-0.2, 0) is 20.3 Å². The minimum absolute atomic E-state index is 0.0262. The summed E-state index contributed by atoms with van der Waals surface area (Å²) in [5.41, 5.74) is 5.13. The highest BCUT2D eigenvalue weighted by Gasteiger charge is 2.51. The van der Waals surface area contributed by atoms with Crippen LogP contribution in [0.4, 0.5) is 0 Å². The number of rotatable bonds is 11. The molecule has 286 valence electrons. The van der Waals surface area contributed by atoms with Gasteiger partial charge in [-0.3, -0.25) is 0 Å². The van der Waals surface area contributed by atoms with Gasteiger partial charge in [-0.05, 0) is 60.5 Å². The molecule has 0 bridgehead atoms. The minimum atomic E-state index is -0.185. The summed E-state index contributed by atoms with van der Waals surface area (Å²) in [4.78, 5) is 10.5. The van der Waals surface area contributed by atoms with Crippen molar-refractivity contribution in [2.45, 2.75) is 131 Å². The summed E-state index contributed by atoms with van der Waals surface area (Å²) in [5.74, 6) is 4.49. The molecule has 0 aromatic heterocycles. The van der Waals surface area contributed by atoms with Crippen LogP contribution in [0.15, 0.2) is 22.1 Å². The van der Waals surface area contributed by atoms with Crippen molar-refractivity contribution in [2.24, 2.45) is 32.7 Å². The van der Waals surface area contributed by atoms with E-state index < -0.39 is 0 Å². The largest absolute Gasteiger partial charge is 0.493 e. The number of nitrogens with zero attached hydrogens (tertiary/aromatic N) is 2. The molecule has 2 saturated carbocycles. The lowest BCUT2D eigenvalue weighted by molar-refractivity contribution is 0.216. The van der Waals surface area contributed by atoms with E-state index in [1.54, 1.807) is 28.4 Å². The number of ether oxygens (including phenoxy) is 6. The zero-order valence-electron chi connectivity index (χ0n) is 34.5. The van der Waals surface area contributed by atoms with Crippen molar-refractivity contribution in [3.63, 3.8) is 0 Å². The Kier molecular flexibility index (Phi) is 10.1. The summed E-state index contributed by atoms with van der Waals surface area (Å²) in [7, 11) is 6.94. The number of hydrogen-bond donors (Lipinski definition) is 0. The Morgan fingerprint density at radius 1 is 0.558 bits per heavy atom. The first-order chi connectivity index (χ1) is 24.5. The third-order valence-corrected chi connectivity index (χ3v) is 14.0. The van der Waals surface area contributed by atoms with Gasteiger partial charge in [-0.15, -0.1) is 0 Å². The van der Waals surface area contributed by atoms with Crippen LogP contribution in [0.5, 0.6) is 23.0 Å². The normalized spacial score (nSPS) is 27.8. The lowest BCUT2D eigenvalue weighted by atomic mass is 9.64. The molecule has 2 fully saturated rings. The highest BCUT2D eigenvalue weighted by molar-refractivity contribution is 6.11. The fraction of sp³-hybridized carbons (Fsp3) is 0.682. The fourth-order valence-electron chi connectivity index (χ4n) is 9.48. The molecular weight excluding hydrogens is 652 g/mol. The minimum Gasteiger partial charge on any atom is -0.493 e. The van der Waals surface area contributed by atoms with Gasteiger partial charge in [-0.25, -0.2) is 9.98 Å². The number of hydrogen-bond acceptors (Lipinski definition) is 8. The second-order valence-electron chi connectivity index (χ2n) is 18.1. The Bertz CT molecular complexity index is 1630. The van der Waals surface area contributed by atoms with Crippen LogP contribution >= 0.6 is 0 Å². The van der Waals surface area contributed by atoms with Crippen molar-refractivity contribution in [2.75, 3.05) is 41.7 Å². The van der Waals surface area contributed by atoms with E-state index in [0.717, 1.165) is 71.9 Å². The predicted molar refractivity (Wildman–Crippen MR) is 210 cm³/mol. The van der Waals surface area contributed by atoms with Gasteiger partial charge in [-0.1, -0.05) is 82.1 Å². The molecule has 0 N–H and O–H groups in total. The first kappa shape index (κ1) is 38.3. The monoisotopic (exact) mass is 716 g/mol. The SMILES string of the molecule is COc1c([C@@]2(C)CCCC2(C)C)cc(C2=N[C@H](C(C)C)CO2)c(-c2c(C3=N[C@H](C(C)C)CO3)cc([C@@]3(C)CCCC3(C)C)c(OC)c2OC)c1OC. The van der Waals surface area contributed by atoms with Gasteiger partial charge < -0.3 is 28.4 Å². The molecule has 6 rings (SSSR count). The standard InChI is InChI=1S/C44H64N2O6/c1-25(2)31-23-51-39(45-31)27-21-29(43(9)19-15-17-41(43,5)6)35(47-11)37(49-13)33(27)34-28(40-46-32(24-52-40)26(3)4)22-30(36(48-12)38(34)50-14)44(10)20-16-18-42(44,7)8/h21-22,25-26,31-32H,15-20,23-24H2,1-14H3/t31-,32-,43+,44+/m0/s1. The van der Waals surface area contributed by atoms with Crippen LogP contribution in [0.3, 0.4) is 0 Å². The summed E-state index contributed by atoms with van der Waals surface area (Å²) in [6.07, 6.45) is 6.59. The second-order valence-corrected chi connectivity index (χ2v) is 18.1. The van der Waals surface area contributed by atoms with Crippen molar-refractivity contribution < 1.29 is 28.4 Å². The van der Waals surface area contributed by atoms with Crippen molar-refractivity contribution in [3.8, 4) is 34.1 Å². The molecule has 2 aromatic rings. The summed E-state index contributed by atoms with van der Waals surface area (Å²) in [5, 5.41) is 0. The topological polar surface area (TPSA) is 80.1 Å². The highest BCUT2D eigenvalue weighted by atomic mass is 16.5. The van der Waals surface area contributed by atoms with E-state index in [9.17, 15) is 0 Å². The zero-order chi connectivity index (χ0) is 38.0. The summed E-state index contributed by atoms with van der Waals surface area (Å²) >= 11 is 0. The van der Waals surface area contributed by atoms with Crippen LogP contribution < -0.4 is 18.9 Å². The lowest BCUT2D eigenvalue weighted by Crippen LogP contribution is -2.35. The van der Waals surface area contributed by atoms with Crippen LogP contribution in [0.25, 0.3) is 11.1 Å². The Morgan fingerprint density at radius 3 is 1.15 bits per heavy atom. The maximum atomic E-state index is 6.56. The molecule has 2 aliphatic carbocycles. The van der Waals surface area contributed by atoms with E-state index in [2.05, 4.69) is 81.4 Å². The van der Waals surface area contributed by atoms with E-state index in [0.29, 0.717) is 59.8 Å². The average Bonchev–Trinajstić information content (AvgIpc) is 3.90. The molecule has 4 atom stereocenters. The van der Waals surface area contributed by atoms with Crippen LogP contribution in [0.2, 0.25) is 0 Å².